The van der Waals surface area contributed by atoms with Crippen molar-refractivity contribution in [3.05, 3.63) is 0 Å². The Morgan fingerprint density at radius 3 is 2.83 bits per heavy atom. The van der Waals surface area contributed by atoms with Crippen molar-refractivity contribution < 1.29 is 14.3 Å². The molecule has 1 unspecified atom stereocenters. The molecular weight excluding hydrogens is 158 g/mol. The molecule has 4 heteroatoms. The number of carbonyl (C=O) groups excluding carboxylic acids is 1. The topological polar surface area (TPSA) is 47.6 Å². The molecule has 0 aromatic heterocycles. The summed E-state index contributed by atoms with van der Waals surface area (Å²) < 4.78 is 9.56. The van der Waals surface area contributed by atoms with Crippen molar-refractivity contribution in [1.29, 1.82) is 0 Å². The molecule has 0 aliphatic carbocycles. The molecule has 4 nitrogen and oxygen atoms in total. The Morgan fingerprint density at radius 1 is 1.75 bits per heavy atom. The van der Waals surface area contributed by atoms with Gasteiger partial charge in [0, 0.05) is 6.54 Å². The number of hydrogen-bond donors (Lipinski definition) is 1. The molecule has 0 radical (unpaired) electrons. The number of rotatable bonds is 4. The molecule has 0 saturated carbocycles. The molecular formula is C8H15NO3. The highest BCUT2D eigenvalue weighted by Gasteiger charge is 2.20. The Hall–Kier alpha value is -0.610. The minimum Gasteiger partial charge on any atom is -0.469 e. The Kier molecular flexibility index (Phi) is 3.49. The molecule has 70 valence electrons. The van der Waals surface area contributed by atoms with Gasteiger partial charge in [0.05, 0.1) is 32.3 Å². The first kappa shape index (κ1) is 9.48. The predicted molar refractivity (Wildman–Crippen MR) is 43.8 cm³/mol. The lowest BCUT2D eigenvalue weighted by molar-refractivity contribution is -0.144. The normalized spacial score (nSPS) is 19.8. The molecule has 0 amide bonds. The van der Waals surface area contributed by atoms with Crippen LogP contribution in [0.5, 0.6) is 0 Å². The second-order valence-electron chi connectivity index (χ2n) is 3.07. The van der Waals surface area contributed by atoms with Crippen molar-refractivity contribution in [2.24, 2.45) is 5.92 Å². The minimum atomic E-state index is -0.164. The standard InChI is InChI=1S/C8H15NO3/c1-6(8(10)11-2)3-9-7-4-12-5-7/h6-7,9H,3-5H2,1-2H3. The van der Waals surface area contributed by atoms with Crippen LogP contribution in [0.15, 0.2) is 0 Å². The smallest absolute Gasteiger partial charge is 0.309 e. The molecule has 1 aliphatic heterocycles. The lowest BCUT2D eigenvalue weighted by Gasteiger charge is -2.27. The molecule has 0 aromatic carbocycles. The van der Waals surface area contributed by atoms with E-state index in [9.17, 15) is 4.79 Å². The highest BCUT2D eigenvalue weighted by Crippen LogP contribution is 2.02. The maximum absolute atomic E-state index is 10.9. The van der Waals surface area contributed by atoms with Gasteiger partial charge in [-0.1, -0.05) is 6.92 Å². The fourth-order valence-corrected chi connectivity index (χ4v) is 0.982. The largest absolute Gasteiger partial charge is 0.469 e. The third kappa shape index (κ3) is 2.46. The van der Waals surface area contributed by atoms with Crippen LogP contribution in [0.25, 0.3) is 0 Å². The summed E-state index contributed by atoms with van der Waals surface area (Å²) in [6, 6.07) is 0.428. The van der Waals surface area contributed by atoms with Gasteiger partial charge in [0.25, 0.3) is 0 Å². The monoisotopic (exact) mass is 173 g/mol. The summed E-state index contributed by atoms with van der Waals surface area (Å²) in [5, 5.41) is 3.21. The molecule has 0 bridgehead atoms. The minimum absolute atomic E-state index is 0.0735. The van der Waals surface area contributed by atoms with E-state index in [1.807, 2.05) is 6.92 Å². The third-order valence-electron chi connectivity index (χ3n) is 1.95. The molecule has 1 N–H and O–H groups in total. The predicted octanol–water partition coefficient (Wildman–Crippen LogP) is -0.216. The lowest BCUT2D eigenvalue weighted by Crippen LogP contribution is -2.48. The van der Waals surface area contributed by atoms with E-state index in [2.05, 4.69) is 10.1 Å². The number of esters is 1. The van der Waals surface area contributed by atoms with Crippen LogP contribution in [0, 0.1) is 5.92 Å². The highest BCUT2D eigenvalue weighted by atomic mass is 16.5. The van der Waals surface area contributed by atoms with Crippen LogP contribution in [0.4, 0.5) is 0 Å². The van der Waals surface area contributed by atoms with Gasteiger partial charge >= 0.3 is 5.97 Å². The van der Waals surface area contributed by atoms with Crippen LogP contribution in [-0.4, -0.2) is 38.9 Å². The second kappa shape index (κ2) is 4.42. The average molecular weight is 173 g/mol. The number of nitrogens with one attached hydrogen (secondary N) is 1. The van der Waals surface area contributed by atoms with E-state index in [1.165, 1.54) is 7.11 Å². The summed E-state index contributed by atoms with van der Waals surface area (Å²) in [7, 11) is 1.41. The fourth-order valence-electron chi connectivity index (χ4n) is 0.982. The Labute approximate surface area is 72.2 Å². The average Bonchev–Trinajstić information content (AvgIpc) is 2.00. The summed E-state index contributed by atoms with van der Waals surface area (Å²) in [5.41, 5.74) is 0. The van der Waals surface area contributed by atoms with Crippen molar-refractivity contribution in [3.63, 3.8) is 0 Å². The molecule has 1 rings (SSSR count). The van der Waals surface area contributed by atoms with E-state index >= 15 is 0 Å². The summed E-state index contributed by atoms with van der Waals surface area (Å²) in [6.07, 6.45) is 0. The Bertz CT molecular complexity index is 156. The molecule has 1 atom stereocenters. The van der Waals surface area contributed by atoms with Crippen molar-refractivity contribution in [2.75, 3.05) is 26.9 Å². The maximum atomic E-state index is 10.9. The van der Waals surface area contributed by atoms with Gasteiger partial charge in [-0.3, -0.25) is 4.79 Å². The first-order valence-corrected chi connectivity index (χ1v) is 4.13. The summed E-state index contributed by atoms with van der Waals surface area (Å²) in [5.74, 6) is -0.238. The molecule has 12 heavy (non-hydrogen) atoms. The van der Waals surface area contributed by atoms with Crippen molar-refractivity contribution in [2.45, 2.75) is 13.0 Å². The number of ether oxygens (including phenoxy) is 2. The molecule has 0 aromatic rings. The summed E-state index contributed by atoms with van der Waals surface area (Å²) in [6.45, 7) is 4.03. The Balaban J connectivity index is 2.08. The van der Waals surface area contributed by atoms with Gasteiger partial charge in [0.1, 0.15) is 0 Å². The van der Waals surface area contributed by atoms with Crippen LogP contribution in [-0.2, 0) is 14.3 Å². The molecule has 1 fully saturated rings. The van der Waals surface area contributed by atoms with Gasteiger partial charge in [-0.25, -0.2) is 0 Å². The van der Waals surface area contributed by atoms with Gasteiger partial charge in [0.2, 0.25) is 0 Å². The fraction of sp³-hybridized carbons (Fsp3) is 0.875. The van der Waals surface area contributed by atoms with Gasteiger partial charge in [-0.2, -0.15) is 0 Å². The summed E-state index contributed by atoms with van der Waals surface area (Å²) in [4.78, 5) is 10.9. The Morgan fingerprint density at radius 2 is 2.42 bits per heavy atom. The van der Waals surface area contributed by atoms with E-state index in [0.717, 1.165) is 13.2 Å². The van der Waals surface area contributed by atoms with Crippen molar-refractivity contribution in [3.8, 4) is 0 Å². The first-order chi connectivity index (χ1) is 5.74. The number of hydrogen-bond acceptors (Lipinski definition) is 4. The number of methoxy groups -OCH3 is 1. The first-order valence-electron chi connectivity index (χ1n) is 4.13. The molecule has 1 aliphatic rings. The van der Waals surface area contributed by atoms with E-state index < -0.39 is 0 Å². The van der Waals surface area contributed by atoms with E-state index in [-0.39, 0.29) is 11.9 Å². The van der Waals surface area contributed by atoms with E-state index in [4.69, 9.17) is 4.74 Å². The van der Waals surface area contributed by atoms with Crippen LogP contribution < -0.4 is 5.32 Å². The molecule has 1 saturated heterocycles. The van der Waals surface area contributed by atoms with Crippen molar-refractivity contribution >= 4 is 5.97 Å². The highest BCUT2D eigenvalue weighted by molar-refractivity contribution is 5.72. The lowest BCUT2D eigenvalue weighted by atomic mass is 10.1. The zero-order chi connectivity index (χ0) is 8.97. The summed E-state index contributed by atoms with van der Waals surface area (Å²) >= 11 is 0. The van der Waals surface area contributed by atoms with E-state index in [1.54, 1.807) is 0 Å². The van der Waals surface area contributed by atoms with Crippen molar-refractivity contribution in [1.82, 2.24) is 5.32 Å². The van der Waals surface area contributed by atoms with Gasteiger partial charge in [0.15, 0.2) is 0 Å². The SMILES string of the molecule is COC(=O)C(C)CNC1COC1. The quantitative estimate of drug-likeness (QED) is 0.597. The maximum Gasteiger partial charge on any atom is 0.309 e. The van der Waals surface area contributed by atoms with E-state index in [0.29, 0.717) is 12.6 Å². The zero-order valence-electron chi connectivity index (χ0n) is 7.50. The van der Waals surface area contributed by atoms with Crippen LogP contribution in [0.1, 0.15) is 6.92 Å². The van der Waals surface area contributed by atoms with Gasteiger partial charge in [-0.15, -0.1) is 0 Å². The third-order valence-corrected chi connectivity index (χ3v) is 1.95. The van der Waals surface area contributed by atoms with Gasteiger partial charge in [-0.05, 0) is 0 Å². The van der Waals surface area contributed by atoms with Gasteiger partial charge < -0.3 is 14.8 Å². The molecule has 1 heterocycles. The number of carbonyl (C=O) groups is 1. The van der Waals surface area contributed by atoms with Crippen LogP contribution in [0.3, 0.4) is 0 Å². The van der Waals surface area contributed by atoms with Crippen LogP contribution in [0.2, 0.25) is 0 Å². The zero-order valence-corrected chi connectivity index (χ0v) is 7.50. The second-order valence-corrected chi connectivity index (χ2v) is 3.07. The van der Waals surface area contributed by atoms with Crippen LogP contribution >= 0.6 is 0 Å². The molecule has 0 spiro atoms.